The highest BCUT2D eigenvalue weighted by Gasteiger charge is 2.30. The number of ether oxygens (including phenoxy) is 4. The van der Waals surface area contributed by atoms with E-state index >= 15 is 0 Å². The zero-order chi connectivity index (χ0) is 52.5. The lowest BCUT2D eigenvalue weighted by Gasteiger charge is -2.28. The summed E-state index contributed by atoms with van der Waals surface area (Å²) in [5.41, 5.74) is 7.32. The Morgan fingerprint density at radius 3 is 1.24 bits per heavy atom. The van der Waals surface area contributed by atoms with Crippen molar-refractivity contribution in [2.75, 3.05) is 53.4 Å². The zero-order valence-electron chi connectivity index (χ0n) is 45.6. The highest BCUT2D eigenvalue weighted by Crippen LogP contribution is 2.32. The summed E-state index contributed by atoms with van der Waals surface area (Å²) >= 11 is 0. The van der Waals surface area contributed by atoms with Gasteiger partial charge in [-0.3, -0.25) is 19.4 Å². The molecule has 3 aliphatic rings. The quantitative estimate of drug-likeness (QED) is 0.0283. The first-order valence-corrected chi connectivity index (χ1v) is 27.5. The summed E-state index contributed by atoms with van der Waals surface area (Å²) in [5, 5.41) is 6.31. The predicted octanol–water partition coefficient (Wildman–Crippen LogP) is 11.2. The molecule has 2 atom stereocenters. The molecule has 9 rings (SSSR count). The van der Waals surface area contributed by atoms with Crippen molar-refractivity contribution in [3.63, 3.8) is 0 Å². The van der Waals surface area contributed by atoms with E-state index in [1.807, 2.05) is 98.8 Å². The smallest absolute Gasteiger partial charge is 0.322 e. The first-order chi connectivity index (χ1) is 36.7. The number of carbonyl (C=O) groups excluding carboxylic acids is 2. The number of benzene rings is 6. The number of hydrogen-bond donors (Lipinski definition) is 2. The van der Waals surface area contributed by atoms with Crippen LogP contribution in [0.1, 0.15) is 85.8 Å². The van der Waals surface area contributed by atoms with Gasteiger partial charge in [0.25, 0.3) is 0 Å². The molecule has 2 N–H and O–H groups in total. The van der Waals surface area contributed by atoms with Gasteiger partial charge in [0.05, 0.1) is 13.2 Å². The molecule has 0 saturated heterocycles. The van der Waals surface area contributed by atoms with Gasteiger partial charge in [-0.25, -0.2) is 0 Å². The van der Waals surface area contributed by atoms with Crippen LogP contribution < -0.4 is 24.8 Å². The first kappa shape index (κ1) is 58.9. The standard InChI is InChI=1S/C23H30N2O2.C23H29NO3.C19H23NO.B/c1-18(23(26)24-2)25(16-20-11-12-20)14-13-19-9-6-10-22(15-19)27-17-21-7-4-3-5-8-21;1-18(23(25)26-2)24(16-20-11-12-20)14-13-19-9-6-10-22(15-19)27-17-21-7-4-3-5-8-21;1-2-5-18(6-3-1)15-21-19-8-4-7-16(13-19)11-12-20-14-17-9-10-17;/h3-10,15,18,20H,11-14,16-17H2,1-2H3,(H,24,26);3-10,15,18,20H,11-14,16-17H2,1-2H3;1-8,13,17,20H,9-12,14-15H2;. The number of hydrogen-bond acceptors (Lipinski definition) is 9. The monoisotopic (exact) mass is 1030 g/mol. The molecule has 401 valence electrons. The molecule has 3 radical (unpaired) electrons. The van der Waals surface area contributed by atoms with Crippen molar-refractivity contribution >= 4 is 20.3 Å². The van der Waals surface area contributed by atoms with Gasteiger partial charge in [-0.05, 0) is 172 Å². The van der Waals surface area contributed by atoms with Gasteiger partial charge in [0.2, 0.25) is 5.91 Å². The largest absolute Gasteiger partial charge is 0.489 e. The summed E-state index contributed by atoms with van der Waals surface area (Å²) in [5.74, 6) is 5.11. The number of carbonyl (C=O) groups is 2. The van der Waals surface area contributed by atoms with E-state index in [2.05, 4.69) is 99.3 Å². The van der Waals surface area contributed by atoms with E-state index in [-0.39, 0.29) is 32.4 Å². The van der Waals surface area contributed by atoms with Gasteiger partial charge in [0, 0.05) is 41.6 Å². The molecule has 0 bridgehead atoms. The van der Waals surface area contributed by atoms with Crippen LogP contribution in [0.3, 0.4) is 0 Å². The average molecular weight is 1030 g/mol. The Morgan fingerprint density at radius 1 is 0.500 bits per heavy atom. The molecule has 3 fully saturated rings. The Hall–Kier alpha value is -6.40. The van der Waals surface area contributed by atoms with Crippen LogP contribution in [-0.2, 0) is 53.4 Å². The summed E-state index contributed by atoms with van der Waals surface area (Å²) in [7, 11) is 3.17. The molecule has 10 nitrogen and oxygen atoms in total. The Kier molecular flexibility index (Phi) is 25.0. The van der Waals surface area contributed by atoms with Gasteiger partial charge in [-0.15, -0.1) is 0 Å². The van der Waals surface area contributed by atoms with Gasteiger partial charge in [0.1, 0.15) is 43.1 Å². The fraction of sp³-hybridized carbons (Fsp3) is 0.415. The molecule has 1 amide bonds. The first-order valence-electron chi connectivity index (χ1n) is 27.5. The fourth-order valence-corrected chi connectivity index (χ4v) is 8.85. The van der Waals surface area contributed by atoms with Gasteiger partial charge in [-0.1, -0.05) is 127 Å². The molecule has 0 heterocycles. The fourth-order valence-electron chi connectivity index (χ4n) is 8.85. The van der Waals surface area contributed by atoms with Crippen LogP contribution in [0.4, 0.5) is 0 Å². The molecule has 6 aromatic carbocycles. The maximum atomic E-state index is 12.1. The van der Waals surface area contributed by atoms with Crippen LogP contribution in [0.5, 0.6) is 17.2 Å². The summed E-state index contributed by atoms with van der Waals surface area (Å²) in [6.07, 6.45) is 10.8. The molecule has 0 aromatic heterocycles. The van der Waals surface area contributed by atoms with Crippen LogP contribution in [0.2, 0.25) is 0 Å². The Morgan fingerprint density at radius 2 is 0.868 bits per heavy atom. The number of esters is 1. The minimum absolute atomic E-state index is 0. The minimum atomic E-state index is -0.201. The second-order valence-electron chi connectivity index (χ2n) is 20.5. The minimum Gasteiger partial charge on any atom is -0.489 e. The van der Waals surface area contributed by atoms with E-state index in [9.17, 15) is 9.59 Å². The third kappa shape index (κ3) is 22.1. The van der Waals surface area contributed by atoms with E-state index < -0.39 is 0 Å². The lowest BCUT2D eigenvalue weighted by molar-refractivity contribution is -0.146. The SMILES string of the molecule is CNC(=O)C(C)N(CCc1cccc(OCc2ccccc2)c1)CC1CC1.COC(=O)C(C)N(CCc1cccc(OCc2ccccc2)c1)CC1CC1.[B].c1ccc(COc2cccc(CCNCC3CC3)c2)cc1. The van der Waals surface area contributed by atoms with Gasteiger partial charge < -0.3 is 29.6 Å². The molecular formula is C65H82BN4O6. The highest BCUT2D eigenvalue weighted by molar-refractivity contribution is 5.81. The van der Waals surface area contributed by atoms with Crippen molar-refractivity contribution in [2.45, 2.75) is 104 Å². The summed E-state index contributed by atoms with van der Waals surface area (Å²) in [6.45, 7) is 11.7. The second-order valence-corrected chi connectivity index (χ2v) is 20.5. The third-order valence-corrected chi connectivity index (χ3v) is 14.2. The number of likely N-dealkylation sites (N-methyl/N-ethyl adjacent to an activating group) is 1. The van der Waals surface area contributed by atoms with E-state index in [1.54, 1.807) is 7.05 Å². The number of nitrogens with zero attached hydrogens (tertiary/aromatic N) is 2. The molecule has 11 heteroatoms. The van der Waals surface area contributed by atoms with E-state index in [1.165, 1.54) is 74.4 Å². The van der Waals surface area contributed by atoms with Crippen molar-refractivity contribution in [1.29, 1.82) is 0 Å². The molecule has 0 spiro atoms. The average Bonchev–Trinajstić information content (AvgIpc) is 4.31. The number of nitrogens with one attached hydrogen (secondary N) is 2. The van der Waals surface area contributed by atoms with Crippen LogP contribution in [-0.4, -0.2) is 95.6 Å². The molecule has 3 saturated carbocycles. The highest BCUT2D eigenvalue weighted by atomic mass is 16.5. The Bertz CT molecular complexity index is 2450. The summed E-state index contributed by atoms with van der Waals surface area (Å²) in [6, 6.07) is 55.3. The van der Waals surface area contributed by atoms with Crippen LogP contribution in [0.25, 0.3) is 0 Å². The number of amides is 1. The van der Waals surface area contributed by atoms with Crippen LogP contribution >= 0.6 is 0 Å². The molecule has 6 aromatic rings. The van der Waals surface area contributed by atoms with Crippen molar-refractivity contribution < 1.29 is 28.5 Å². The van der Waals surface area contributed by atoms with Crippen molar-refractivity contribution in [3.05, 3.63) is 197 Å². The topological polar surface area (TPSA) is 102 Å². The van der Waals surface area contributed by atoms with Gasteiger partial charge in [0.15, 0.2) is 0 Å². The van der Waals surface area contributed by atoms with E-state index in [0.29, 0.717) is 19.8 Å². The second kappa shape index (κ2) is 32.2. The zero-order valence-corrected chi connectivity index (χ0v) is 45.6. The lowest BCUT2D eigenvalue weighted by Crippen LogP contribution is -2.45. The van der Waals surface area contributed by atoms with Crippen LogP contribution in [0.15, 0.2) is 164 Å². The van der Waals surface area contributed by atoms with E-state index in [4.69, 9.17) is 18.9 Å². The van der Waals surface area contributed by atoms with Gasteiger partial charge in [-0.2, -0.15) is 0 Å². The van der Waals surface area contributed by atoms with Crippen LogP contribution in [0, 0.1) is 17.8 Å². The van der Waals surface area contributed by atoms with Crippen molar-refractivity contribution in [1.82, 2.24) is 20.4 Å². The molecule has 0 aliphatic heterocycles. The molecule has 2 unspecified atom stereocenters. The summed E-state index contributed by atoms with van der Waals surface area (Å²) < 4.78 is 22.7. The Labute approximate surface area is 456 Å². The Balaban J connectivity index is 0.000000185. The summed E-state index contributed by atoms with van der Waals surface area (Å²) in [4.78, 5) is 28.6. The van der Waals surface area contributed by atoms with E-state index in [0.717, 1.165) is 98.1 Å². The lowest BCUT2D eigenvalue weighted by atomic mass is 10.1. The van der Waals surface area contributed by atoms with Crippen molar-refractivity contribution in [3.8, 4) is 17.2 Å². The number of rotatable bonds is 28. The predicted molar refractivity (Wildman–Crippen MR) is 308 cm³/mol. The van der Waals surface area contributed by atoms with Crippen molar-refractivity contribution in [2.24, 2.45) is 17.8 Å². The van der Waals surface area contributed by atoms with Gasteiger partial charge >= 0.3 is 5.97 Å². The normalized spacial score (nSPS) is 14.4. The maximum Gasteiger partial charge on any atom is 0.322 e. The third-order valence-electron chi connectivity index (χ3n) is 14.2. The maximum absolute atomic E-state index is 12.1. The molecular weight excluding hydrogens is 944 g/mol. The number of methoxy groups -OCH3 is 1. The molecule has 76 heavy (non-hydrogen) atoms. The molecule has 3 aliphatic carbocycles.